The van der Waals surface area contributed by atoms with Gasteiger partial charge in [0.25, 0.3) is 5.91 Å². The quantitative estimate of drug-likeness (QED) is 0.475. The van der Waals surface area contributed by atoms with Crippen LogP contribution in [-0.2, 0) is 20.9 Å². The highest BCUT2D eigenvalue weighted by Crippen LogP contribution is 2.33. The second kappa shape index (κ2) is 9.69. The number of methoxy groups -OCH3 is 1. The summed E-state index contributed by atoms with van der Waals surface area (Å²) in [6.45, 7) is 1.30. The highest BCUT2D eigenvalue weighted by atomic mass is 16.5. The maximum atomic E-state index is 12.7. The molecule has 3 rings (SSSR count). The summed E-state index contributed by atoms with van der Waals surface area (Å²) in [6.07, 6.45) is 6.02. The molecule has 2 fully saturated rings. The van der Waals surface area contributed by atoms with Crippen LogP contribution in [0.2, 0.25) is 0 Å². The van der Waals surface area contributed by atoms with Crippen molar-refractivity contribution in [2.75, 3.05) is 26.9 Å². The molecule has 9 nitrogen and oxygen atoms in total. The van der Waals surface area contributed by atoms with Gasteiger partial charge in [-0.25, -0.2) is 9.78 Å². The van der Waals surface area contributed by atoms with Gasteiger partial charge in [-0.3, -0.25) is 14.5 Å². The second-order valence-corrected chi connectivity index (χ2v) is 7.40. The van der Waals surface area contributed by atoms with E-state index in [1.54, 1.807) is 19.4 Å². The molecule has 1 aromatic rings. The lowest BCUT2D eigenvalue weighted by atomic mass is 9.82. The zero-order valence-electron chi connectivity index (χ0n) is 16.7. The molecule has 9 heteroatoms. The zero-order valence-corrected chi connectivity index (χ0v) is 16.7. The van der Waals surface area contributed by atoms with Gasteiger partial charge in [0.15, 0.2) is 0 Å². The topological polar surface area (TPSA) is 110 Å². The number of rotatable bonds is 9. The summed E-state index contributed by atoms with van der Waals surface area (Å²) in [4.78, 5) is 42.4. The van der Waals surface area contributed by atoms with E-state index in [1.807, 2.05) is 6.07 Å². The third kappa shape index (κ3) is 5.23. The van der Waals surface area contributed by atoms with Crippen LogP contribution in [0, 0.1) is 0 Å². The molecule has 4 amide bonds. The predicted molar refractivity (Wildman–Crippen MR) is 104 cm³/mol. The number of carbonyl (C=O) groups is 3. The minimum Gasteiger partial charge on any atom is -0.475 e. The van der Waals surface area contributed by atoms with Crippen LogP contribution >= 0.6 is 0 Å². The van der Waals surface area contributed by atoms with Crippen molar-refractivity contribution in [3.63, 3.8) is 0 Å². The SMILES string of the molecule is COCCOc1ccc(CNC(=O)CCN2C(=O)NC3(CCCCC3)C2=O)cn1. The first kappa shape index (κ1) is 21.0. The fraction of sp³-hybridized carbons (Fsp3) is 0.600. The third-order valence-corrected chi connectivity index (χ3v) is 5.34. The highest BCUT2D eigenvalue weighted by Gasteiger charge is 2.50. The van der Waals surface area contributed by atoms with E-state index in [9.17, 15) is 14.4 Å². The number of urea groups is 1. The fourth-order valence-electron chi connectivity index (χ4n) is 3.71. The first-order valence-electron chi connectivity index (χ1n) is 10.0. The van der Waals surface area contributed by atoms with Crippen molar-refractivity contribution in [1.29, 1.82) is 0 Å². The molecule has 0 bridgehead atoms. The third-order valence-electron chi connectivity index (χ3n) is 5.34. The number of nitrogens with zero attached hydrogens (tertiary/aromatic N) is 2. The summed E-state index contributed by atoms with van der Waals surface area (Å²) in [6, 6.07) is 3.16. The Morgan fingerprint density at radius 1 is 1.24 bits per heavy atom. The molecular formula is C20H28N4O5. The maximum absolute atomic E-state index is 12.7. The number of pyridine rings is 1. The van der Waals surface area contributed by atoms with Gasteiger partial charge in [-0.1, -0.05) is 25.3 Å². The Labute approximate surface area is 170 Å². The van der Waals surface area contributed by atoms with Gasteiger partial charge in [0.1, 0.15) is 12.1 Å². The average molecular weight is 404 g/mol. The predicted octanol–water partition coefficient (Wildman–Crippen LogP) is 1.37. The number of carbonyl (C=O) groups excluding carboxylic acids is 3. The van der Waals surface area contributed by atoms with Crippen molar-refractivity contribution >= 4 is 17.8 Å². The molecule has 29 heavy (non-hydrogen) atoms. The molecule has 1 spiro atoms. The van der Waals surface area contributed by atoms with E-state index < -0.39 is 11.6 Å². The van der Waals surface area contributed by atoms with E-state index in [4.69, 9.17) is 9.47 Å². The number of imide groups is 1. The summed E-state index contributed by atoms with van der Waals surface area (Å²) in [7, 11) is 1.60. The molecule has 2 heterocycles. The van der Waals surface area contributed by atoms with Gasteiger partial charge in [0.05, 0.1) is 6.61 Å². The van der Waals surface area contributed by atoms with Gasteiger partial charge in [-0.05, 0) is 18.4 Å². The van der Waals surface area contributed by atoms with Gasteiger partial charge in [0, 0.05) is 38.9 Å². The minimum atomic E-state index is -0.745. The summed E-state index contributed by atoms with van der Waals surface area (Å²) in [5.41, 5.74) is 0.0819. The van der Waals surface area contributed by atoms with Gasteiger partial charge < -0.3 is 20.1 Å². The van der Waals surface area contributed by atoms with Crippen LogP contribution < -0.4 is 15.4 Å². The van der Waals surface area contributed by atoms with Gasteiger partial charge in [0.2, 0.25) is 11.8 Å². The smallest absolute Gasteiger partial charge is 0.325 e. The highest BCUT2D eigenvalue weighted by molar-refractivity contribution is 6.07. The largest absolute Gasteiger partial charge is 0.475 e. The van der Waals surface area contributed by atoms with Crippen molar-refractivity contribution in [3.05, 3.63) is 23.9 Å². The number of ether oxygens (including phenoxy) is 2. The molecule has 1 aromatic heterocycles. The molecule has 2 N–H and O–H groups in total. The molecule has 0 aromatic carbocycles. The lowest BCUT2D eigenvalue weighted by molar-refractivity contribution is -0.132. The standard InChI is InChI=1S/C20H28N4O5/c1-28-11-12-29-17-6-5-15(14-22-17)13-21-16(25)7-10-24-18(26)20(23-19(24)27)8-3-2-4-9-20/h5-6,14H,2-4,7-13H2,1H3,(H,21,25)(H,23,27). The Bertz CT molecular complexity index is 731. The normalized spacial score (nSPS) is 18.0. The number of nitrogens with one attached hydrogen (secondary N) is 2. The first-order chi connectivity index (χ1) is 14.0. The lowest BCUT2D eigenvalue weighted by Gasteiger charge is -2.30. The van der Waals surface area contributed by atoms with Crippen LogP contribution in [0.25, 0.3) is 0 Å². The molecule has 1 aliphatic carbocycles. The number of hydrogen-bond acceptors (Lipinski definition) is 6. The van der Waals surface area contributed by atoms with Crippen molar-refractivity contribution in [1.82, 2.24) is 20.5 Å². The second-order valence-electron chi connectivity index (χ2n) is 7.40. The molecule has 0 unspecified atom stereocenters. The van der Waals surface area contributed by atoms with Crippen LogP contribution in [0.4, 0.5) is 4.79 Å². The molecule has 1 saturated heterocycles. The van der Waals surface area contributed by atoms with Crippen LogP contribution in [0.15, 0.2) is 18.3 Å². The van der Waals surface area contributed by atoms with Crippen LogP contribution in [0.3, 0.4) is 0 Å². The average Bonchev–Trinajstić information content (AvgIpc) is 2.95. The lowest BCUT2D eigenvalue weighted by Crippen LogP contribution is -2.48. The minimum absolute atomic E-state index is 0.0703. The first-order valence-corrected chi connectivity index (χ1v) is 10.0. The van der Waals surface area contributed by atoms with Crippen LogP contribution in [0.5, 0.6) is 5.88 Å². The molecule has 0 radical (unpaired) electrons. The zero-order chi connectivity index (χ0) is 20.7. The number of aromatic nitrogens is 1. The van der Waals surface area contributed by atoms with E-state index >= 15 is 0 Å². The van der Waals surface area contributed by atoms with Crippen LogP contribution in [-0.4, -0.2) is 60.1 Å². The molecule has 2 aliphatic rings. The van der Waals surface area contributed by atoms with E-state index in [2.05, 4.69) is 15.6 Å². The number of hydrogen-bond donors (Lipinski definition) is 2. The number of amides is 4. The van der Waals surface area contributed by atoms with Gasteiger partial charge in [-0.15, -0.1) is 0 Å². The Morgan fingerprint density at radius 2 is 2.03 bits per heavy atom. The monoisotopic (exact) mass is 404 g/mol. The van der Waals surface area contributed by atoms with Crippen molar-refractivity contribution < 1.29 is 23.9 Å². The summed E-state index contributed by atoms with van der Waals surface area (Å²) < 4.78 is 10.3. The maximum Gasteiger partial charge on any atom is 0.325 e. The molecular weight excluding hydrogens is 376 g/mol. The van der Waals surface area contributed by atoms with Gasteiger partial charge in [-0.2, -0.15) is 0 Å². The molecule has 158 valence electrons. The van der Waals surface area contributed by atoms with E-state index in [-0.39, 0.29) is 24.8 Å². The summed E-state index contributed by atoms with van der Waals surface area (Å²) in [5, 5.41) is 5.64. The Morgan fingerprint density at radius 3 is 2.72 bits per heavy atom. The molecule has 1 saturated carbocycles. The summed E-state index contributed by atoms with van der Waals surface area (Å²) >= 11 is 0. The van der Waals surface area contributed by atoms with Crippen molar-refractivity contribution in [2.24, 2.45) is 0 Å². The Kier molecular flexibility index (Phi) is 7.03. The fourth-order valence-corrected chi connectivity index (χ4v) is 3.71. The molecule has 1 aliphatic heterocycles. The van der Waals surface area contributed by atoms with E-state index in [0.717, 1.165) is 24.8 Å². The van der Waals surface area contributed by atoms with E-state index in [1.165, 1.54) is 4.90 Å². The summed E-state index contributed by atoms with van der Waals surface area (Å²) in [5.74, 6) is 0.0752. The Hall–Kier alpha value is -2.68. The van der Waals surface area contributed by atoms with Crippen LogP contribution in [0.1, 0.15) is 44.1 Å². The van der Waals surface area contributed by atoms with E-state index in [0.29, 0.717) is 38.5 Å². The Balaban J connectivity index is 1.42. The van der Waals surface area contributed by atoms with Crippen molar-refractivity contribution in [2.45, 2.75) is 50.6 Å². The van der Waals surface area contributed by atoms with Gasteiger partial charge >= 0.3 is 6.03 Å². The van der Waals surface area contributed by atoms with Crippen molar-refractivity contribution in [3.8, 4) is 5.88 Å². The molecule has 0 atom stereocenters.